The SMILES string of the molecule is BrC=C=CCN1CCCCC1. The highest BCUT2D eigenvalue weighted by Crippen LogP contribution is 2.07. The Morgan fingerprint density at radius 1 is 1.27 bits per heavy atom. The van der Waals surface area contributed by atoms with Gasteiger partial charge in [-0.2, -0.15) is 0 Å². The van der Waals surface area contributed by atoms with E-state index in [1.165, 1.54) is 32.4 Å². The van der Waals surface area contributed by atoms with E-state index in [1.807, 2.05) is 0 Å². The van der Waals surface area contributed by atoms with Gasteiger partial charge in [0.15, 0.2) is 0 Å². The first-order valence-electron chi connectivity index (χ1n) is 4.15. The molecule has 0 aromatic heterocycles. The highest BCUT2D eigenvalue weighted by atomic mass is 79.9. The molecule has 2 heteroatoms. The van der Waals surface area contributed by atoms with E-state index in [4.69, 9.17) is 0 Å². The molecule has 0 saturated carbocycles. The van der Waals surface area contributed by atoms with Crippen LogP contribution in [0.4, 0.5) is 0 Å². The van der Waals surface area contributed by atoms with Crippen LogP contribution in [0.2, 0.25) is 0 Å². The zero-order valence-electron chi connectivity index (χ0n) is 6.72. The topological polar surface area (TPSA) is 3.24 Å². The van der Waals surface area contributed by atoms with Gasteiger partial charge in [-0.3, -0.25) is 4.90 Å². The van der Waals surface area contributed by atoms with E-state index in [0.717, 1.165) is 6.54 Å². The molecule has 0 bridgehead atoms. The standard InChI is InChI=1S/C9H14BrN/c10-6-2-5-9-11-7-3-1-4-8-11/h5-6H,1,3-4,7-9H2. The molecule has 1 heterocycles. The predicted molar refractivity (Wildman–Crippen MR) is 51.9 cm³/mol. The Morgan fingerprint density at radius 3 is 2.64 bits per heavy atom. The van der Waals surface area contributed by atoms with Crippen LogP contribution in [-0.2, 0) is 0 Å². The molecule has 0 amide bonds. The molecule has 1 nitrogen and oxygen atoms in total. The van der Waals surface area contributed by atoms with E-state index in [-0.39, 0.29) is 0 Å². The van der Waals surface area contributed by atoms with Crippen LogP contribution in [0.5, 0.6) is 0 Å². The summed E-state index contributed by atoms with van der Waals surface area (Å²) >= 11 is 3.19. The van der Waals surface area contributed by atoms with Crippen LogP contribution >= 0.6 is 15.9 Å². The van der Waals surface area contributed by atoms with E-state index in [1.54, 1.807) is 4.99 Å². The summed E-state index contributed by atoms with van der Waals surface area (Å²) in [7, 11) is 0. The maximum atomic E-state index is 3.19. The molecule has 1 aliphatic rings. The lowest BCUT2D eigenvalue weighted by Gasteiger charge is -2.24. The number of halogens is 1. The number of likely N-dealkylation sites (tertiary alicyclic amines) is 1. The summed E-state index contributed by atoms with van der Waals surface area (Å²) in [5.41, 5.74) is 3.02. The number of nitrogens with zero attached hydrogens (tertiary/aromatic N) is 1. The lowest BCUT2D eigenvalue weighted by molar-refractivity contribution is 0.251. The van der Waals surface area contributed by atoms with Crippen LogP contribution in [0.3, 0.4) is 0 Å². The summed E-state index contributed by atoms with van der Waals surface area (Å²) in [5, 5.41) is 0. The van der Waals surface area contributed by atoms with E-state index < -0.39 is 0 Å². The fourth-order valence-electron chi connectivity index (χ4n) is 1.37. The highest BCUT2D eigenvalue weighted by molar-refractivity contribution is 9.11. The zero-order valence-corrected chi connectivity index (χ0v) is 8.31. The molecule has 0 radical (unpaired) electrons. The molecule has 1 fully saturated rings. The van der Waals surface area contributed by atoms with Gasteiger partial charge in [0.1, 0.15) is 0 Å². The average molecular weight is 216 g/mol. The Labute approximate surface area is 76.9 Å². The van der Waals surface area contributed by atoms with Crippen molar-refractivity contribution in [1.29, 1.82) is 0 Å². The first-order chi connectivity index (χ1) is 5.43. The molecule has 1 aliphatic heterocycles. The summed E-state index contributed by atoms with van der Waals surface area (Å²) in [6.45, 7) is 3.59. The summed E-state index contributed by atoms with van der Waals surface area (Å²) in [5.74, 6) is 0. The minimum atomic E-state index is 1.06. The van der Waals surface area contributed by atoms with E-state index >= 15 is 0 Å². The number of hydrogen-bond acceptors (Lipinski definition) is 1. The molecule has 0 aromatic carbocycles. The van der Waals surface area contributed by atoms with E-state index in [9.17, 15) is 0 Å². The van der Waals surface area contributed by atoms with Gasteiger partial charge in [-0.15, -0.1) is 5.73 Å². The first-order valence-corrected chi connectivity index (χ1v) is 5.07. The molecule has 1 saturated heterocycles. The quantitative estimate of drug-likeness (QED) is 0.641. The summed E-state index contributed by atoms with van der Waals surface area (Å²) in [4.78, 5) is 4.24. The third kappa shape index (κ3) is 3.76. The van der Waals surface area contributed by atoms with E-state index in [2.05, 4.69) is 32.6 Å². The maximum Gasteiger partial charge on any atom is 0.0238 e. The van der Waals surface area contributed by atoms with Crippen LogP contribution < -0.4 is 0 Å². The highest BCUT2D eigenvalue weighted by Gasteiger charge is 2.06. The molecular weight excluding hydrogens is 202 g/mol. The van der Waals surface area contributed by atoms with Gasteiger partial charge in [-0.1, -0.05) is 22.4 Å². The summed E-state index contributed by atoms with van der Waals surface area (Å²) in [6, 6.07) is 0. The van der Waals surface area contributed by atoms with Crippen molar-refractivity contribution >= 4 is 15.9 Å². The Hall–Kier alpha value is -0.0400. The molecule has 0 N–H and O–H groups in total. The Kier molecular flexibility index (Phi) is 4.60. The van der Waals surface area contributed by atoms with Crippen molar-refractivity contribution in [1.82, 2.24) is 4.90 Å². The molecular formula is C9H14BrN. The second-order valence-electron chi connectivity index (χ2n) is 2.84. The first kappa shape index (κ1) is 9.05. The number of piperidine rings is 1. The van der Waals surface area contributed by atoms with Gasteiger partial charge in [0.2, 0.25) is 0 Å². The van der Waals surface area contributed by atoms with Gasteiger partial charge in [-0.05, 0) is 32.0 Å². The van der Waals surface area contributed by atoms with Crippen LogP contribution in [0.25, 0.3) is 0 Å². The lowest BCUT2D eigenvalue weighted by atomic mass is 10.1. The van der Waals surface area contributed by atoms with Crippen LogP contribution in [0, 0.1) is 0 Å². The maximum absolute atomic E-state index is 3.19. The second kappa shape index (κ2) is 5.59. The third-order valence-corrected chi connectivity index (χ3v) is 2.24. The van der Waals surface area contributed by atoms with Crippen molar-refractivity contribution in [3.63, 3.8) is 0 Å². The Bertz CT molecular complexity index is 153. The second-order valence-corrected chi connectivity index (χ2v) is 3.30. The van der Waals surface area contributed by atoms with Gasteiger partial charge in [0, 0.05) is 11.5 Å². The molecule has 0 unspecified atom stereocenters. The fourth-order valence-corrected chi connectivity index (χ4v) is 1.56. The molecule has 1 rings (SSSR count). The molecule has 0 aliphatic carbocycles. The zero-order chi connectivity index (χ0) is 7.94. The van der Waals surface area contributed by atoms with Gasteiger partial charge in [0.25, 0.3) is 0 Å². The Balaban J connectivity index is 2.19. The Morgan fingerprint density at radius 2 is 2.00 bits per heavy atom. The van der Waals surface area contributed by atoms with Crippen LogP contribution in [0.15, 0.2) is 16.8 Å². The summed E-state index contributed by atoms with van der Waals surface area (Å²) in [6.07, 6.45) is 6.21. The van der Waals surface area contributed by atoms with Crippen molar-refractivity contribution in [2.75, 3.05) is 19.6 Å². The van der Waals surface area contributed by atoms with E-state index in [0.29, 0.717) is 0 Å². The fraction of sp³-hybridized carbons (Fsp3) is 0.667. The predicted octanol–water partition coefficient (Wildman–Crippen LogP) is 2.54. The van der Waals surface area contributed by atoms with Crippen LogP contribution in [0.1, 0.15) is 19.3 Å². The molecule has 0 aromatic rings. The van der Waals surface area contributed by atoms with Gasteiger partial charge in [-0.25, -0.2) is 0 Å². The van der Waals surface area contributed by atoms with Gasteiger partial charge in [0.05, 0.1) is 0 Å². The van der Waals surface area contributed by atoms with Crippen molar-refractivity contribution < 1.29 is 0 Å². The van der Waals surface area contributed by atoms with Crippen molar-refractivity contribution in [3.05, 3.63) is 16.8 Å². The van der Waals surface area contributed by atoms with Crippen molar-refractivity contribution in [2.24, 2.45) is 0 Å². The number of rotatable bonds is 2. The summed E-state index contributed by atoms with van der Waals surface area (Å²) < 4.78 is 0. The van der Waals surface area contributed by atoms with Gasteiger partial charge < -0.3 is 0 Å². The molecule has 62 valence electrons. The van der Waals surface area contributed by atoms with Crippen LogP contribution in [-0.4, -0.2) is 24.5 Å². The van der Waals surface area contributed by atoms with Gasteiger partial charge >= 0.3 is 0 Å². The number of hydrogen-bond donors (Lipinski definition) is 0. The minimum Gasteiger partial charge on any atom is -0.299 e. The smallest absolute Gasteiger partial charge is 0.0238 e. The van der Waals surface area contributed by atoms with Crippen molar-refractivity contribution in [3.8, 4) is 0 Å². The minimum absolute atomic E-state index is 1.06. The molecule has 11 heavy (non-hydrogen) atoms. The molecule has 0 spiro atoms. The van der Waals surface area contributed by atoms with Crippen molar-refractivity contribution in [2.45, 2.75) is 19.3 Å². The monoisotopic (exact) mass is 215 g/mol. The lowest BCUT2D eigenvalue weighted by Crippen LogP contribution is -2.29. The largest absolute Gasteiger partial charge is 0.299 e. The molecule has 0 atom stereocenters. The third-order valence-electron chi connectivity index (χ3n) is 1.98. The average Bonchev–Trinajstić information content (AvgIpc) is 2.07. The normalized spacial score (nSPS) is 19.0.